The Balaban J connectivity index is -0.000000487. The molecule has 0 spiro atoms. The van der Waals surface area contributed by atoms with Gasteiger partial charge in [-0.25, -0.2) is 0 Å². The van der Waals surface area contributed by atoms with Gasteiger partial charge in [-0.3, -0.25) is 9.59 Å². The first kappa shape index (κ1) is 27.5. The molecule has 0 unspecified atom stereocenters. The average molecular weight is 342 g/mol. The van der Waals surface area contributed by atoms with Crippen LogP contribution in [0.2, 0.25) is 0 Å². The number of Topliss-reactive ketones (excluding diaryl/α,β-unsaturated/α-hetero) is 2. The van der Waals surface area contributed by atoms with Crippen molar-refractivity contribution in [3.63, 3.8) is 0 Å². The zero-order valence-corrected chi connectivity index (χ0v) is 16.7. The summed E-state index contributed by atoms with van der Waals surface area (Å²) < 4.78 is 14.2. The van der Waals surface area contributed by atoms with Gasteiger partial charge in [0.2, 0.25) is 0 Å². The zero-order chi connectivity index (χ0) is 17.2. The molecule has 0 amide bonds. The molecule has 0 bridgehead atoms. The molecule has 130 valence electrons. The van der Waals surface area contributed by atoms with E-state index >= 15 is 0 Å². The third-order valence-corrected chi connectivity index (χ3v) is 2.45. The topological polar surface area (TPSA) is 102 Å². The van der Waals surface area contributed by atoms with Crippen molar-refractivity contribution in [3.8, 4) is 0 Å². The average Bonchev–Trinajstić information content (AvgIpc) is 2.46. The number of rotatable bonds is 13. The van der Waals surface area contributed by atoms with Crippen molar-refractivity contribution in [2.75, 3.05) is 40.6 Å². The van der Waals surface area contributed by atoms with Gasteiger partial charge in [0.05, 0.1) is 12.6 Å². The summed E-state index contributed by atoms with van der Waals surface area (Å²) in [6.07, 6.45) is 3.20. The van der Waals surface area contributed by atoms with Gasteiger partial charge in [0.25, 0.3) is 0 Å². The number of carboxylic acids is 1. The largest absolute Gasteiger partial charge is 1.00 e. The third kappa shape index (κ3) is 26.9. The van der Waals surface area contributed by atoms with Gasteiger partial charge < -0.3 is 24.1 Å². The molecule has 0 aromatic carbocycles. The molecule has 0 atom stereocenters. The van der Waals surface area contributed by atoms with E-state index in [2.05, 4.69) is 4.74 Å². The first-order valence-corrected chi connectivity index (χ1v) is 7.26. The van der Waals surface area contributed by atoms with E-state index in [9.17, 15) is 19.5 Å². The first-order valence-electron chi connectivity index (χ1n) is 7.26. The van der Waals surface area contributed by atoms with Crippen molar-refractivity contribution in [2.45, 2.75) is 39.0 Å². The quantitative estimate of drug-likeness (QED) is 0.262. The molecule has 0 aliphatic rings. The second kappa shape index (κ2) is 21.7. The van der Waals surface area contributed by atoms with Crippen LogP contribution in [-0.2, 0) is 28.6 Å². The zero-order valence-electron chi connectivity index (χ0n) is 14.7. The van der Waals surface area contributed by atoms with E-state index in [0.29, 0.717) is 32.5 Å². The van der Waals surface area contributed by atoms with Gasteiger partial charge in [0.1, 0.15) is 12.4 Å². The van der Waals surface area contributed by atoms with Crippen LogP contribution in [0, 0.1) is 0 Å². The maximum absolute atomic E-state index is 11.0. The number of carbonyl (C=O) groups is 3. The van der Waals surface area contributed by atoms with Crippen LogP contribution < -0.4 is 34.7 Å². The van der Waals surface area contributed by atoms with Crippen molar-refractivity contribution in [1.29, 1.82) is 0 Å². The second-order valence-corrected chi connectivity index (χ2v) is 4.49. The number of aliphatic carboxylic acids is 1. The molecule has 0 aliphatic carbocycles. The second-order valence-electron chi connectivity index (χ2n) is 4.49. The normalized spacial score (nSPS) is 9.35. The van der Waals surface area contributed by atoms with Crippen LogP contribution in [0.5, 0.6) is 0 Å². The van der Waals surface area contributed by atoms with Gasteiger partial charge >= 0.3 is 29.6 Å². The summed E-state index contributed by atoms with van der Waals surface area (Å²) in [6.45, 7) is 2.91. The van der Waals surface area contributed by atoms with Crippen molar-refractivity contribution in [1.82, 2.24) is 0 Å². The van der Waals surface area contributed by atoms with E-state index in [1.807, 2.05) is 6.92 Å². The van der Waals surface area contributed by atoms with Gasteiger partial charge in [-0.15, -0.1) is 0 Å². The number of hydrogen-bond acceptors (Lipinski definition) is 7. The molecular weight excluding hydrogens is 315 g/mol. The van der Waals surface area contributed by atoms with Crippen molar-refractivity contribution < 1.29 is 63.3 Å². The minimum atomic E-state index is -1.18. The summed E-state index contributed by atoms with van der Waals surface area (Å²) in [7, 11) is 2.81. The molecule has 0 aliphatic heterocycles. The van der Waals surface area contributed by atoms with Gasteiger partial charge in [-0.2, -0.15) is 0 Å². The van der Waals surface area contributed by atoms with Crippen molar-refractivity contribution in [3.05, 3.63) is 0 Å². The van der Waals surface area contributed by atoms with Crippen LogP contribution in [0.3, 0.4) is 0 Å². The Morgan fingerprint density at radius 1 is 0.870 bits per heavy atom. The molecule has 8 heteroatoms. The van der Waals surface area contributed by atoms with Crippen LogP contribution in [0.1, 0.15) is 39.0 Å². The van der Waals surface area contributed by atoms with Crippen LogP contribution in [0.15, 0.2) is 0 Å². The summed E-state index contributed by atoms with van der Waals surface area (Å²) in [5.41, 5.74) is 0. The first-order chi connectivity index (χ1) is 10.5. The van der Waals surface area contributed by atoms with E-state index in [4.69, 9.17) is 9.47 Å². The molecule has 0 aromatic heterocycles. The minimum absolute atomic E-state index is 0. The number of carbonyl (C=O) groups excluding carboxylic acids is 3. The Bertz CT molecular complexity index is 308. The van der Waals surface area contributed by atoms with Crippen LogP contribution >= 0.6 is 0 Å². The predicted octanol–water partition coefficient (Wildman–Crippen LogP) is -2.86. The summed E-state index contributed by atoms with van der Waals surface area (Å²) >= 11 is 0. The number of ether oxygens (including phenoxy) is 3. The van der Waals surface area contributed by atoms with Gasteiger partial charge in [0.15, 0.2) is 5.78 Å². The molecule has 0 radical (unpaired) electrons. The fourth-order valence-corrected chi connectivity index (χ4v) is 1.37. The predicted molar refractivity (Wildman–Crippen MR) is 78.4 cm³/mol. The van der Waals surface area contributed by atoms with Gasteiger partial charge in [-0.05, 0) is 12.8 Å². The Morgan fingerprint density at radius 3 is 1.70 bits per heavy atom. The molecule has 0 rings (SSSR count). The van der Waals surface area contributed by atoms with E-state index in [1.165, 1.54) is 14.2 Å². The molecule has 7 nitrogen and oxygen atoms in total. The molecule has 23 heavy (non-hydrogen) atoms. The number of hydrogen-bond donors (Lipinski definition) is 0. The van der Waals surface area contributed by atoms with E-state index < -0.39 is 5.97 Å². The number of ketones is 2. The Morgan fingerprint density at radius 2 is 1.35 bits per heavy atom. The van der Waals surface area contributed by atoms with Crippen LogP contribution in [0.25, 0.3) is 0 Å². The summed E-state index contributed by atoms with van der Waals surface area (Å²) in [6, 6.07) is 0. The maximum Gasteiger partial charge on any atom is 1.00 e. The Kier molecular flexibility index (Phi) is 26.0. The SMILES string of the molecule is CCC(=O)CCCOCCCC(=O)COC.COCC(=O)[O-].[Na+]. The minimum Gasteiger partial charge on any atom is -0.548 e. The molecule has 0 saturated heterocycles. The van der Waals surface area contributed by atoms with Crippen molar-refractivity contribution in [2.24, 2.45) is 0 Å². The van der Waals surface area contributed by atoms with E-state index in [-0.39, 0.29) is 54.3 Å². The molecule has 0 fully saturated rings. The number of methoxy groups -OCH3 is 2. The summed E-state index contributed by atoms with van der Waals surface area (Å²) in [5, 5.41) is 9.36. The molecule has 0 heterocycles. The standard InChI is InChI=1S/C12H22O4.C3H6O3.Na/c1-3-11(13)6-4-8-16-9-5-7-12(14)10-15-2;1-6-2-3(4)5;/h3-10H2,1-2H3;2H2,1H3,(H,4,5);/q;;+1/p-1. The number of carboxylic acid groups (broad SMARTS) is 1. The van der Waals surface area contributed by atoms with Crippen molar-refractivity contribution >= 4 is 17.5 Å². The molecule has 0 aromatic rings. The molecular formula is C15H27NaO7. The van der Waals surface area contributed by atoms with Gasteiger partial charge in [0, 0.05) is 46.7 Å². The molecule has 0 saturated carbocycles. The Labute approximate surface area is 160 Å². The molecule has 0 N–H and O–H groups in total. The maximum atomic E-state index is 11.0. The summed E-state index contributed by atoms with van der Waals surface area (Å²) in [5.74, 6) is -0.802. The summed E-state index contributed by atoms with van der Waals surface area (Å²) in [4.78, 5) is 31.3. The fourth-order valence-electron chi connectivity index (χ4n) is 1.37. The Hall–Kier alpha value is -0.310. The van der Waals surface area contributed by atoms with E-state index in [1.54, 1.807) is 0 Å². The smallest absolute Gasteiger partial charge is 0.548 e. The third-order valence-electron chi connectivity index (χ3n) is 2.45. The fraction of sp³-hybridized carbons (Fsp3) is 0.800. The van der Waals surface area contributed by atoms with E-state index in [0.717, 1.165) is 12.8 Å². The van der Waals surface area contributed by atoms with Gasteiger partial charge in [-0.1, -0.05) is 6.92 Å². The van der Waals surface area contributed by atoms with Crippen LogP contribution in [-0.4, -0.2) is 58.2 Å². The monoisotopic (exact) mass is 342 g/mol. The van der Waals surface area contributed by atoms with Crippen LogP contribution in [0.4, 0.5) is 0 Å².